The van der Waals surface area contributed by atoms with Gasteiger partial charge in [-0.15, -0.1) is 0 Å². The van der Waals surface area contributed by atoms with Crippen molar-refractivity contribution in [3.8, 4) is 5.75 Å². The maximum Gasteiger partial charge on any atom is 0.266 e. The zero-order valence-electron chi connectivity index (χ0n) is 12.4. The molecule has 24 heavy (non-hydrogen) atoms. The van der Waals surface area contributed by atoms with Gasteiger partial charge in [-0.2, -0.15) is 0 Å². The predicted octanol–water partition coefficient (Wildman–Crippen LogP) is 5.11. The number of thiocarbonyl (C=S) groups is 1. The molecule has 2 heterocycles. The van der Waals surface area contributed by atoms with Crippen LogP contribution in [0.3, 0.4) is 0 Å². The van der Waals surface area contributed by atoms with Crippen molar-refractivity contribution in [2.45, 2.75) is 6.54 Å². The Morgan fingerprint density at radius 1 is 1.50 bits per heavy atom. The van der Waals surface area contributed by atoms with Crippen LogP contribution in [-0.4, -0.2) is 22.2 Å². The van der Waals surface area contributed by atoms with Crippen molar-refractivity contribution in [2.75, 3.05) is 7.11 Å². The fraction of sp³-hybridized carbons (Fsp3) is 0.125. The van der Waals surface area contributed by atoms with E-state index in [9.17, 15) is 4.79 Å². The predicted molar refractivity (Wildman–Crippen MR) is 103 cm³/mol. The molecule has 0 unspecified atom stereocenters. The zero-order chi connectivity index (χ0) is 17.3. The molecule has 1 aliphatic rings. The number of hydrogen-bond donors (Lipinski definition) is 0. The van der Waals surface area contributed by atoms with Crippen LogP contribution in [0, 0.1) is 0 Å². The number of ether oxygens (including phenoxy) is 1. The van der Waals surface area contributed by atoms with Gasteiger partial charge in [0.1, 0.15) is 15.8 Å². The smallest absolute Gasteiger partial charge is 0.266 e. The summed E-state index contributed by atoms with van der Waals surface area (Å²) >= 11 is 16.1. The average molecular weight is 445 g/mol. The van der Waals surface area contributed by atoms with Gasteiger partial charge in [-0.25, -0.2) is 0 Å². The number of furan rings is 1. The second-order valence-corrected chi connectivity index (χ2v) is 7.86. The Kier molecular flexibility index (Phi) is 5.34. The summed E-state index contributed by atoms with van der Waals surface area (Å²) in [7, 11) is 1.54. The number of thioether (sulfide) groups is 1. The molecule has 124 valence electrons. The van der Waals surface area contributed by atoms with Gasteiger partial charge < -0.3 is 9.15 Å². The number of hydrogen-bond acceptors (Lipinski definition) is 5. The molecule has 0 bridgehead atoms. The standard InChI is InChI=1S/C16H11BrClNO3S2/c1-21-14-9(5-10(17)7-12(14)18)6-13-15(20)19(16(23)24-13)8-11-3-2-4-22-11/h2-7H,8H2,1H3/b13-6-. The maximum absolute atomic E-state index is 12.6. The number of nitrogens with zero attached hydrogens (tertiary/aromatic N) is 1. The van der Waals surface area contributed by atoms with Crippen LogP contribution in [0.25, 0.3) is 6.08 Å². The molecule has 1 saturated heterocycles. The van der Waals surface area contributed by atoms with Crippen molar-refractivity contribution in [3.63, 3.8) is 0 Å². The van der Waals surface area contributed by atoms with Crippen LogP contribution < -0.4 is 4.74 Å². The fourth-order valence-electron chi connectivity index (χ4n) is 2.24. The van der Waals surface area contributed by atoms with Gasteiger partial charge in [0.25, 0.3) is 5.91 Å². The number of methoxy groups -OCH3 is 1. The molecule has 0 radical (unpaired) electrons. The van der Waals surface area contributed by atoms with Crippen molar-refractivity contribution in [3.05, 3.63) is 56.3 Å². The molecular weight excluding hydrogens is 434 g/mol. The molecule has 8 heteroatoms. The number of halogens is 2. The van der Waals surface area contributed by atoms with Gasteiger partial charge >= 0.3 is 0 Å². The summed E-state index contributed by atoms with van der Waals surface area (Å²) in [6.45, 7) is 0.311. The molecule has 0 aliphatic carbocycles. The van der Waals surface area contributed by atoms with E-state index in [0.717, 1.165) is 4.47 Å². The van der Waals surface area contributed by atoms with Crippen LogP contribution in [0.5, 0.6) is 5.75 Å². The molecule has 2 aromatic rings. The molecular formula is C16H11BrClNO3S2. The summed E-state index contributed by atoms with van der Waals surface area (Å²) in [5.41, 5.74) is 0.704. The zero-order valence-corrected chi connectivity index (χ0v) is 16.4. The van der Waals surface area contributed by atoms with E-state index in [1.165, 1.54) is 23.8 Å². The van der Waals surface area contributed by atoms with E-state index >= 15 is 0 Å². The first kappa shape index (κ1) is 17.5. The van der Waals surface area contributed by atoms with Gasteiger partial charge in [0, 0.05) is 10.0 Å². The summed E-state index contributed by atoms with van der Waals surface area (Å²) in [5.74, 6) is 1.02. The highest BCUT2D eigenvalue weighted by atomic mass is 79.9. The third kappa shape index (κ3) is 3.54. The van der Waals surface area contributed by atoms with E-state index in [4.69, 9.17) is 33.0 Å². The highest BCUT2D eigenvalue weighted by Gasteiger charge is 2.32. The minimum atomic E-state index is -0.167. The van der Waals surface area contributed by atoms with Crippen LogP contribution in [-0.2, 0) is 11.3 Å². The van der Waals surface area contributed by atoms with Crippen LogP contribution in [0.2, 0.25) is 5.02 Å². The van der Waals surface area contributed by atoms with E-state index in [1.54, 1.807) is 30.5 Å². The summed E-state index contributed by atoms with van der Waals surface area (Å²) in [6, 6.07) is 7.15. The van der Waals surface area contributed by atoms with Crippen molar-refractivity contribution in [1.82, 2.24) is 4.90 Å². The second kappa shape index (κ2) is 7.31. The van der Waals surface area contributed by atoms with Gasteiger partial charge in [-0.3, -0.25) is 9.69 Å². The maximum atomic E-state index is 12.6. The van der Waals surface area contributed by atoms with Gasteiger partial charge in [-0.05, 0) is 30.3 Å². The van der Waals surface area contributed by atoms with Gasteiger partial charge in [0.15, 0.2) is 0 Å². The summed E-state index contributed by atoms with van der Waals surface area (Å²) in [4.78, 5) is 14.7. The first-order valence-electron chi connectivity index (χ1n) is 6.80. The molecule has 1 aromatic carbocycles. The fourth-order valence-corrected chi connectivity index (χ4v) is 4.40. The Bertz CT molecular complexity index is 836. The first-order valence-corrected chi connectivity index (χ1v) is 9.20. The molecule has 1 aromatic heterocycles. The van der Waals surface area contributed by atoms with Crippen molar-refractivity contribution < 1.29 is 13.9 Å². The molecule has 1 aliphatic heterocycles. The third-order valence-corrected chi connectivity index (χ3v) is 5.41. The highest BCUT2D eigenvalue weighted by molar-refractivity contribution is 9.10. The van der Waals surface area contributed by atoms with Crippen LogP contribution in [0.15, 0.2) is 44.3 Å². The van der Waals surface area contributed by atoms with Gasteiger partial charge in [0.2, 0.25) is 0 Å². The van der Waals surface area contributed by atoms with E-state index < -0.39 is 0 Å². The lowest BCUT2D eigenvalue weighted by molar-refractivity contribution is -0.122. The minimum absolute atomic E-state index is 0.167. The Morgan fingerprint density at radius 3 is 2.96 bits per heavy atom. The number of rotatable bonds is 4. The van der Waals surface area contributed by atoms with Crippen molar-refractivity contribution in [2.24, 2.45) is 0 Å². The minimum Gasteiger partial charge on any atom is -0.495 e. The van der Waals surface area contributed by atoms with E-state index in [-0.39, 0.29) is 5.91 Å². The number of amides is 1. The van der Waals surface area contributed by atoms with Gasteiger partial charge in [-0.1, -0.05) is 51.5 Å². The molecule has 1 fully saturated rings. The number of carbonyl (C=O) groups is 1. The molecule has 0 spiro atoms. The number of benzene rings is 1. The highest BCUT2D eigenvalue weighted by Crippen LogP contribution is 2.38. The molecule has 3 rings (SSSR count). The van der Waals surface area contributed by atoms with E-state index in [1.807, 2.05) is 6.07 Å². The van der Waals surface area contributed by atoms with E-state index in [2.05, 4.69) is 15.9 Å². The Hall–Kier alpha value is -1.28. The van der Waals surface area contributed by atoms with Gasteiger partial charge in [0.05, 0.1) is 29.8 Å². The Morgan fingerprint density at radius 2 is 2.29 bits per heavy atom. The molecule has 0 saturated carbocycles. The lowest BCUT2D eigenvalue weighted by atomic mass is 10.2. The molecule has 1 amide bonds. The SMILES string of the molecule is COc1c(Cl)cc(Br)cc1/C=C1\SC(=S)N(Cc2ccco2)C1=O. The second-order valence-electron chi connectivity index (χ2n) is 4.86. The summed E-state index contributed by atoms with van der Waals surface area (Å²) in [5, 5.41) is 0.462. The average Bonchev–Trinajstić information content (AvgIpc) is 3.11. The van der Waals surface area contributed by atoms with Crippen LogP contribution in [0.1, 0.15) is 11.3 Å². The lowest BCUT2D eigenvalue weighted by Gasteiger charge is -2.12. The molecule has 0 atom stereocenters. The van der Waals surface area contributed by atoms with Crippen LogP contribution in [0.4, 0.5) is 0 Å². The quantitative estimate of drug-likeness (QED) is 0.484. The largest absolute Gasteiger partial charge is 0.495 e. The first-order chi connectivity index (χ1) is 11.5. The normalized spacial score (nSPS) is 16.3. The van der Waals surface area contributed by atoms with E-state index in [0.29, 0.717) is 37.9 Å². The van der Waals surface area contributed by atoms with Crippen LogP contribution >= 0.6 is 51.5 Å². The van der Waals surface area contributed by atoms with Crippen molar-refractivity contribution >= 4 is 67.8 Å². The summed E-state index contributed by atoms with van der Waals surface area (Å²) in [6.07, 6.45) is 3.30. The topological polar surface area (TPSA) is 42.7 Å². The third-order valence-electron chi connectivity index (χ3n) is 3.30. The Balaban J connectivity index is 1.92. The van der Waals surface area contributed by atoms with Crippen molar-refractivity contribution in [1.29, 1.82) is 0 Å². The summed E-state index contributed by atoms with van der Waals surface area (Å²) < 4.78 is 11.9. The number of carbonyl (C=O) groups excluding carboxylic acids is 1. The Labute approximate surface area is 161 Å². The monoisotopic (exact) mass is 443 g/mol. The molecule has 0 N–H and O–H groups in total. The molecule has 4 nitrogen and oxygen atoms in total. The lowest BCUT2D eigenvalue weighted by Crippen LogP contribution is -2.27.